The van der Waals surface area contributed by atoms with Crippen molar-refractivity contribution in [3.63, 3.8) is 0 Å². The molecule has 206 valence electrons. The Bertz CT molecular complexity index is 1610. The van der Waals surface area contributed by atoms with Gasteiger partial charge in [0.05, 0.1) is 44.1 Å². The van der Waals surface area contributed by atoms with Gasteiger partial charge in [-0.15, -0.1) is 0 Å². The molecular weight excluding hydrogens is 549 g/mol. The largest absolute Gasteiger partial charge is 0.348 e. The number of aryl methyl sites for hydroxylation is 1. The van der Waals surface area contributed by atoms with Crippen LogP contribution < -0.4 is 14.9 Å². The maximum atomic E-state index is 14.0. The Kier molecular flexibility index (Phi) is 6.75. The quantitative estimate of drug-likeness (QED) is 0.441. The van der Waals surface area contributed by atoms with Crippen molar-refractivity contribution >= 4 is 62.3 Å². The lowest BCUT2D eigenvalue weighted by molar-refractivity contribution is -0.142. The minimum absolute atomic E-state index is 0.00548. The van der Waals surface area contributed by atoms with Crippen LogP contribution in [0.5, 0.6) is 0 Å². The second-order valence-corrected chi connectivity index (χ2v) is 12.3. The van der Waals surface area contributed by atoms with Gasteiger partial charge in [0.1, 0.15) is 17.0 Å². The average Bonchev–Trinajstić information content (AvgIpc) is 3.15. The van der Waals surface area contributed by atoms with E-state index in [9.17, 15) is 22.4 Å². The third kappa shape index (κ3) is 5.69. The summed E-state index contributed by atoms with van der Waals surface area (Å²) in [6.45, 7) is 1.70. The summed E-state index contributed by atoms with van der Waals surface area (Å²) in [7, 11) is -1.96. The fourth-order valence-corrected chi connectivity index (χ4v) is 5.36. The fraction of sp³-hybridized carbons (Fsp3) is 0.360. The molecule has 14 heteroatoms. The van der Waals surface area contributed by atoms with Gasteiger partial charge in [-0.1, -0.05) is 23.7 Å². The van der Waals surface area contributed by atoms with Crippen molar-refractivity contribution in [1.82, 2.24) is 24.8 Å². The first-order valence-electron chi connectivity index (χ1n) is 12.1. The zero-order valence-electron chi connectivity index (χ0n) is 21.5. The molecule has 0 unspecified atom stereocenters. The molecule has 0 radical (unpaired) electrons. The number of nitrogens with zero attached hydrogens (tertiary/aromatic N) is 5. The molecule has 2 aromatic heterocycles. The monoisotopic (exact) mass is 575 g/mol. The van der Waals surface area contributed by atoms with E-state index in [1.807, 2.05) is 12.1 Å². The molecule has 3 aromatic rings. The van der Waals surface area contributed by atoms with Gasteiger partial charge < -0.3 is 19.7 Å². The van der Waals surface area contributed by atoms with E-state index in [2.05, 4.69) is 20.0 Å². The summed E-state index contributed by atoms with van der Waals surface area (Å²) in [6.07, 6.45) is 4.19. The molecule has 2 amide bonds. The molecule has 0 atom stereocenters. The number of amides is 2. The van der Waals surface area contributed by atoms with Crippen LogP contribution in [0.15, 0.2) is 36.0 Å². The zero-order chi connectivity index (χ0) is 28.1. The van der Waals surface area contributed by atoms with Gasteiger partial charge in [0.2, 0.25) is 27.8 Å². The Morgan fingerprint density at radius 3 is 2.54 bits per heavy atom. The number of carbonyl (C=O) groups excluding carboxylic acids is 2. The summed E-state index contributed by atoms with van der Waals surface area (Å²) in [5.74, 6) is -0.115. The summed E-state index contributed by atoms with van der Waals surface area (Å²) >= 11 is 5.95. The van der Waals surface area contributed by atoms with Crippen molar-refractivity contribution in [2.24, 2.45) is 7.05 Å². The number of hydrogen-bond acceptors (Lipinski definition) is 7. The lowest BCUT2D eigenvalue weighted by Gasteiger charge is -2.43. The van der Waals surface area contributed by atoms with E-state index in [0.29, 0.717) is 33.0 Å². The molecule has 0 bridgehead atoms. The predicted octanol–water partition coefficient (Wildman–Crippen LogP) is 2.08. The van der Waals surface area contributed by atoms with Crippen molar-refractivity contribution in [1.29, 1.82) is 0 Å². The number of aromatic nitrogens is 3. The third-order valence-corrected chi connectivity index (χ3v) is 7.37. The molecule has 39 heavy (non-hydrogen) atoms. The second-order valence-electron chi connectivity index (χ2n) is 10.1. The standard InChI is InChI=1S/C25H27ClFN7O4S/c1-25(27)13-34(14-25)20(35)12-33-11-16(23(36)29-9-15-4-6-17(26)7-5-15)8-18-21-19(10-28-22(18)33)30-24(32(21)2)31-39(3,37)38/h4-8,10H,9,11-14H2,1-3H3,(H,29,36)(H,30,31). The highest BCUT2D eigenvalue weighted by atomic mass is 35.5. The number of benzene rings is 1. The lowest BCUT2D eigenvalue weighted by Crippen LogP contribution is -2.61. The first kappa shape index (κ1) is 26.9. The van der Waals surface area contributed by atoms with Crippen LogP contribution in [0.2, 0.25) is 5.02 Å². The normalized spacial score (nSPS) is 16.4. The lowest BCUT2D eigenvalue weighted by atomic mass is 9.98. The van der Waals surface area contributed by atoms with Gasteiger partial charge in [0.25, 0.3) is 0 Å². The van der Waals surface area contributed by atoms with Gasteiger partial charge >= 0.3 is 0 Å². The van der Waals surface area contributed by atoms with E-state index in [1.165, 1.54) is 18.0 Å². The molecule has 1 saturated heterocycles. The predicted molar refractivity (Wildman–Crippen MR) is 147 cm³/mol. The van der Waals surface area contributed by atoms with Crippen molar-refractivity contribution in [2.45, 2.75) is 19.1 Å². The average molecular weight is 576 g/mol. The highest BCUT2D eigenvalue weighted by Crippen LogP contribution is 2.34. The molecule has 2 aliphatic heterocycles. The molecular formula is C25H27ClFN7O4S. The van der Waals surface area contributed by atoms with Gasteiger partial charge in [-0.3, -0.25) is 14.3 Å². The van der Waals surface area contributed by atoms with Crippen molar-refractivity contribution < 1.29 is 22.4 Å². The molecule has 0 aliphatic carbocycles. The summed E-state index contributed by atoms with van der Waals surface area (Å²) in [5, 5.41) is 3.48. The van der Waals surface area contributed by atoms with Gasteiger partial charge in [-0.25, -0.2) is 22.8 Å². The molecule has 0 saturated carbocycles. The molecule has 11 nitrogen and oxygen atoms in total. The second kappa shape index (κ2) is 9.79. The molecule has 4 heterocycles. The van der Waals surface area contributed by atoms with Crippen molar-refractivity contribution in [2.75, 3.05) is 42.1 Å². The Labute approximate surface area is 229 Å². The molecule has 5 rings (SSSR count). The van der Waals surface area contributed by atoms with E-state index in [1.54, 1.807) is 34.7 Å². The van der Waals surface area contributed by atoms with Crippen LogP contribution in [-0.2, 0) is 33.2 Å². The Hall–Kier alpha value is -3.71. The van der Waals surface area contributed by atoms with Gasteiger partial charge in [0.15, 0.2) is 0 Å². The topological polar surface area (TPSA) is 130 Å². The van der Waals surface area contributed by atoms with Gasteiger partial charge in [-0.05, 0) is 30.7 Å². The van der Waals surface area contributed by atoms with Crippen LogP contribution in [0.25, 0.3) is 17.1 Å². The van der Waals surface area contributed by atoms with Crippen LogP contribution in [0.1, 0.15) is 18.1 Å². The van der Waals surface area contributed by atoms with E-state index in [4.69, 9.17) is 11.6 Å². The van der Waals surface area contributed by atoms with Crippen molar-refractivity contribution in [3.8, 4) is 0 Å². The maximum absolute atomic E-state index is 14.0. The number of nitrogens with one attached hydrogen (secondary N) is 2. The minimum atomic E-state index is -3.60. The summed E-state index contributed by atoms with van der Waals surface area (Å²) in [4.78, 5) is 38.2. The minimum Gasteiger partial charge on any atom is -0.348 e. The number of pyridine rings is 1. The molecule has 2 aliphatic rings. The van der Waals surface area contributed by atoms with Crippen molar-refractivity contribution in [3.05, 3.63) is 52.2 Å². The highest BCUT2D eigenvalue weighted by Gasteiger charge is 2.42. The zero-order valence-corrected chi connectivity index (χ0v) is 23.1. The smallest absolute Gasteiger partial charge is 0.249 e. The van der Waals surface area contributed by atoms with E-state index < -0.39 is 15.7 Å². The van der Waals surface area contributed by atoms with Gasteiger partial charge in [-0.2, -0.15) is 0 Å². The number of sulfonamides is 1. The summed E-state index contributed by atoms with van der Waals surface area (Å²) in [5.41, 5.74) is 1.27. The maximum Gasteiger partial charge on any atom is 0.249 e. The SMILES string of the molecule is Cn1c(NS(C)(=O)=O)nc2cnc3c(c21)C=C(C(=O)NCc1ccc(Cl)cc1)CN3CC(=O)N1CC(C)(F)C1. The van der Waals surface area contributed by atoms with Crippen LogP contribution in [0.3, 0.4) is 0 Å². The molecule has 0 spiro atoms. The fourth-order valence-electron chi connectivity index (χ4n) is 4.72. The number of halogens is 2. The third-order valence-electron chi connectivity index (χ3n) is 6.56. The number of rotatable bonds is 7. The first-order valence-corrected chi connectivity index (χ1v) is 14.3. The number of carbonyl (C=O) groups is 2. The number of alkyl halides is 1. The first-order chi connectivity index (χ1) is 18.3. The number of hydrogen-bond donors (Lipinski definition) is 2. The molecule has 1 aromatic carbocycles. The van der Waals surface area contributed by atoms with Gasteiger partial charge in [0, 0.05) is 29.8 Å². The highest BCUT2D eigenvalue weighted by molar-refractivity contribution is 7.92. The van der Waals surface area contributed by atoms with Crippen LogP contribution >= 0.6 is 11.6 Å². The number of likely N-dealkylation sites (tertiary alicyclic amines) is 1. The van der Waals surface area contributed by atoms with E-state index >= 15 is 0 Å². The van der Waals surface area contributed by atoms with Crippen LogP contribution in [0.4, 0.5) is 16.2 Å². The van der Waals surface area contributed by atoms with Crippen LogP contribution in [-0.4, -0.2) is 77.8 Å². The molecule has 1 fully saturated rings. The Morgan fingerprint density at radius 2 is 1.90 bits per heavy atom. The number of imidazole rings is 1. The Balaban J connectivity index is 1.49. The Morgan fingerprint density at radius 1 is 1.21 bits per heavy atom. The van der Waals surface area contributed by atoms with E-state index in [0.717, 1.165) is 11.8 Å². The number of anilines is 2. The van der Waals surface area contributed by atoms with E-state index in [-0.39, 0.29) is 50.5 Å². The summed E-state index contributed by atoms with van der Waals surface area (Å²) in [6, 6.07) is 7.09. The molecule has 2 N–H and O–H groups in total. The number of fused-ring (bicyclic) bond motifs is 3. The summed E-state index contributed by atoms with van der Waals surface area (Å²) < 4.78 is 41.7. The van der Waals surface area contributed by atoms with Crippen LogP contribution in [0, 0.1) is 0 Å².